The van der Waals surface area contributed by atoms with E-state index in [4.69, 9.17) is 9.73 Å². The summed E-state index contributed by atoms with van der Waals surface area (Å²) in [5.74, 6) is 1.80. The number of nitrogens with one attached hydrogen (secondary N) is 2. The number of fused-ring (bicyclic) bond motifs is 1. The smallest absolute Gasteiger partial charge is 0.259 e. The first kappa shape index (κ1) is 22.1. The molecule has 0 saturated carbocycles. The second kappa shape index (κ2) is 9.19. The van der Waals surface area contributed by atoms with Crippen LogP contribution in [0.25, 0.3) is 0 Å². The average molecular weight is 432 g/mol. The lowest BCUT2D eigenvalue weighted by Crippen LogP contribution is -2.34. The summed E-state index contributed by atoms with van der Waals surface area (Å²) < 4.78 is 5.60. The SMILES string of the molecule is CCC1C=C(C(=O)Nc2ccc(C(C)(C)C)cc2)C(NCc2ccc3c(c2)CCO3)=NC1. The number of anilines is 1. The molecule has 5 heteroatoms. The quantitative estimate of drug-likeness (QED) is 0.699. The van der Waals surface area contributed by atoms with Gasteiger partial charge in [0.2, 0.25) is 0 Å². The zero-order valence-electron chi connectivity index (χ0n) is 19.5. The lowest BCUT2D eigenvalue weighted by atomic mass is 9.87. The molecule has 0 saturated heterocycles. The Morgan fingerprint density at radius 2 is 1.94 bits per heavy atom. The van der Waals surface area contributed by atoms with E-state index in [2.05, 4.69) is 68.7 Å². The number of hydrogen-bond donors (Lipinski definition) is 2. The molecule has 2 aliphatic heterocycles. The van der Waals surface area contributed by atoms with Crippen LogP contribution in [0, 0.1) is 5.92 Å². The molecule has 2 aromatic carbocycles. The van der Waals surface area contributed by atoms with Crippen LogP contribution in [0.1, 0.15) is 50.8 Å². The van der Waals surface area contributed by atoms with Gasteiger partial charge in [0.25, 0.3) is 5.91 Å². The highest BCUT2D eigenvalue weighted by Gasteiger charge is 2.23. The third kappa shape index (κ3) is 5.04. The maximum atomic E-state index is 13.2. The van der Waals surface area contributed by atoms with Gasteiger partial charge in [-0.25, -0.2) is 0 Å². The summed E-state index contributed by atoms with van der Waals surface area (Å²) >= 11 is 0. The number of amidine groups is 1. The molecule has 1 amide bonds. The summed E-state index contributed by atoms with van der Waals surface area (Å²) in [5.41, 5.74) is 5.13. The molecular formula is C27H33N3O2. The molecule has 0 bridgehead atoms. The maximum Gasteiger partial charge on any atom is 0.259 e. The first-order valence-corrected chi connectivity index (χ1v) is 11.5. The van der Waals surface area contributed by atoms with Crippen molar-refractivity contribution >= 4 is 17.4 Å². The fraction of sp³-hybridized carbons (Fsp3) is 0.407. The highest BCUT2D eigenvalue weighted by Crippen LogP contribution is 2.26. The fourth-order valence-electron chi connectivity index (χ4n) is 4.03. The van der Waals surface area contributed by atoms with Crippen LogP contribution in [0.4, 0.5) is 5.69 Å². The predicted molar refractivity (Wildman–Crippen MR) is 130 cm³/mol. The minimum absolute atomic E-state index is 0.0796. The van der Waals surface area contributed by atoms with Gasteiger partial charge in [-0.1, -0.05) is 58.0 Å². The van der Waals surface area contributed by atoms with Gasteiger partial charge in [0.1, 0.15) is 11.6 Å². The van der Waals surface area contributed by atoms with E-state index in [1.54, 1.807) is 0 Å². The molecule has 0 fully saturated rings. The Morgan fingerprint density at radius 3 is 2.66 bits per heavy atom. The standard InChI is InChI=1S/C27H33N3O2/c1-5-18-15-23(26(31)30-22-9-7-21(8-10-22)27(2,3)4)25(28-16-18)29-17-19-6-11-24-20(14-19)12-13-32-24/h6-11,14-15,18H,5,12-13,16-17H2,1-4H3,(H,28,29)(H,30,31). The van der Waals surface area contributed by atoms with Crippen molar-refractivity contribution in [2.24, 2.45) is 10.9 Å². The highest BCUT2D eigenvalue weighted by molar-refractivity contribution is 6.24. The predicted octanol–water partition coefficient (Wildman–Crippen LogP) is 5.01. The zero-order chi connectivity index (χ0) is 22.7. The van der Waals surface area contributed by atoms with Crippen LogP contribution in [-0.2, 0) is 23.2 Å². The Balaban J connectivity index is 1.46. The van der Waals surface area contributed by atoms with Crippen molar-refractivity contribution in [3.63, 3.8) is 0 Å². The van der Waals surface area contributed by atoms with Crippen LogP contribution in [0.5, 0.6) is 5.75 Å². The largest absolute Gasteiger partial charge is 0.493 e. The van der Waals surface area contributed by atoms with E-state index in [-0.39, 0.29) is 17.2 Å². The van der Waals surface area contributed by atoms with Gasteiger partial charge in [-0.15, -0.1) is 0 Å². The van der Waals surface area contributed by atoms with Gasteiger partial charge in [0.05, 0.1) is 12.2 Å². The van der Waals surface area contributed by atoms with Gasteiger partial charge >= 0.3 is 0 Å². The van der Waals surface area contributed by atoms with Crippen molar-refractivity contribution in [1.29, 1.82) is 0 Å². The second-order valence-electron chi connectivity index (χ2n) is 9.61. The molecule has 2 N–H and O–H groups in total. The van der Waals surface area contributed by atoms with Crippen molar-refractivity contribution in [2.45, 2.75) is 52.5 Å². The second-order valence-corrected chi connectivity index (χ2v) is 9.61. The number of benzene rings is 2. The normalized spacial score (nSPS) is 17.7. The molecule has 1 unspecified atom stereocenters. The number of carbonyl (C=O) groups is 1. The van der Waals surface area contributed by atoms with Gasteiger partial charge in [-0.05, 0) is 52.6 Å². The number of rotatable bonds is 5. The van der Waals surface area contributed by atoms with Gasteiger partial charge in [0.15, 0.2) is 0 Å². The Bertz CT molecular complexity index is 1050. The Morgan fingerprint density at radius 1 is 1.16 bits per heavy atom. The number of carbonyl (C=O) groups excluding carboxylic acids is 1. The summed E-state index contributed by atoms with van der Waals surface area (Å²) in [7, 11) is 0. The molecule has 5 nitrogen and oxygen atoms in total. The lowest BCUT2D eigenvalue weighted by molar-refractivity contribution is -0.112. The van der Waals surface area contributed by atoms with Crippen LogP contribution < -0.4 is 15.4 Å². The van der Waals surface area contributed by atoms with E-state index in [0.29, 0.717) is 24.5 Å². The van der Waals surface area contributed by atoms with Crippen molar-refractivity contribution in [3.05, 3.63) is 70.8 Å². The van der Waals surface area contributed by atoms with E-state index in [9.17, 15) is 4.79 Å². The van der Waals surface area contributed by atoms with Crippen molar-refractivity contribution < 1.29 is 9.53 Å². The van der Waals surface area contributed by atoms with Gasteiger partial charge < -0.3 is 15.4 Å². The minimum Gasteiger partial charge on any atom is -0.493 e. The van der Waals surface area contributed by atoms with Crippen LogP contribution >= 0.6 is 0 Å². The molecule has 0 radical (unpaired) electrons. The van der Waals surface area contributed by atoms with Crippen LogP contribution in [0.2, 0.25) is 0 Å². The van der Waals surface area contributed by atoms with E-state index in [1.807, 2.05) is 18.2 Å². The first-order valence-electron chi connectivity index (χ1n) is 11.5. The number of dihydropyridines is 1. The number of ether oxygens (including phenoxy) is 1. The first-order chi connectivity index (χ1) is 15.3. The molecule has 32 heavy (non-hydrogen) atoms. The molecule has 2 aromatic rings. The molecule has 168 valence electrons. The number of hydrogen-bond acceptors (Lipinski definition) is 4. The number of nitrogens with zero attached hydrogens (tertiary/aromatic N) is 1. The molecular weight excluding hydrogens is 398 g/mol. The van der Waals surface area contributed by atoms with Crippen LogP contribution in [0.15, 0.2) is 59.1 Å². The van der Waals surface area contributed by atoms with Gasteiger partial charge in [0, 0.05) is 25.2 Å². The van der Waals surface area contributed by atoms with Crippen LogP contribution in [0.3, 0.4) is 0 Å². The summed E-state index contributed by atoms with van der Waals surface area (Å²) in [6, 6.07) is 14.4. The maximum absolute atomic E-state index is 13.2. The van der Waals surface area contributed by atoms with E-state index in [0.717, 1.165) is 36.4 Å². The third-order valence-corrected chi connectivity index (χ3v) is 6.13. The van der Waals surface area contributed by atoms with Gasteiger partial charge in [-0.3, -0.25) is 9.79 Å². The zero-order valence-corrected chi connectivity index (χ0v) is 19.5. The molecule has 1 atom stereocenters. The summed E-state index contributed by atoms with van der Waals surface area (Å²) in [6.45, 7) is 10.7. The summed E-state index contributed by atoms with van der Waals surface area (Å²) in [4.78, 5) is 17.9. The summed E-state index contributed by atoms with van der Waals surface area (Å²) in [6.07, 6.45) is 3.97. The minimum atomic E-state index is -0.125. The Labute approximate surface area is 191 Å². The van der Waals surface area contributed by atoms with Crippen molar-refractivity contribution in [3.8, 4) is 5.75 Å². The average Bonchev–Trinajstić information content (AvgIpc) is 3.25. The molecule has 0 aromatic heterocycles. The van der Waals surface area contributed by atoms with Crippen molar-refractivity contribution in [1.82, 2.24) is 5.32 Å². The molecule has 2 aliphatic rings. The highest BCUT2D eigenvalue weighted by atomic mass is 16.5. The topological polar surface area (TPSA) is 62.7 Å². The fourth-order valence-corrected chi connectivity index (χ4v) is 4.03. The molecule has 2 heterocycles. The molecule has 0 spiro atoms. The number of aliphatic imine (C=N–C) groups is 1. The third-order valence-electron chi connectivity index (χ3n) is 6.13. The Kier molecular flexibility index (Phi) is 6.35. The summed E-state index contributed by atoms with van der Waals surface area (Å²) in [5, 5.41) is 6.45. The number of amides is 1. The lowest BCUT2D eigenvalue weighted by Gasteiger charge is -2.22. The Hall–Kier alpha value is -3.08. The van der Waals surface area contributed by atoms with E-state index >= 15 is 0 Å². The van der Waals surface area contributed by atoms with Crippen molar-refractivity contribution in [2.75, 3.05) is 18.5 Å². The van der Waals surface area contributed by atoms with Crippen LogP contribution in [-0.4, -0.2) is 24.9 Å². The van der Waals surface area contributed by atoms with E-state index in [1.165, 1.54) is 11.1 Å². The monoisotopic (exact) mass is 431 g/mol. The molecule has 4 rings (SSSR count). The van der Waals surface area contributed by atoms with Gasteiger partial charge in [-0.2, -0.15) is 0 Å². The van der Waals surface area contributed by atoms with E-state index < -0.39 is 0 Å². The molecule has 0 aliphatic carbocycles.